The third kappa shape index (κ3) is 5.55. The quantitative estimate of drug-likeness (QED) is 0.783. The summed E-state index contributed by atoms with van der Waals surface area (Å²) in [7, 11) is 2.18. The van der Waals surface area contributed by atoms with Gasteiger partial charge in [-0.15, -0.1) is 36.2 Å². The van der Waals surface area contributed by atoms with Crippen molar-refractivity contribution in [3.8, 4) is 0 Å². The van der Waals surface area contributed by atoms with Crippen LogP contribution in [-0.2, 0) is 9.53 Å². The number of ether oxygens (including phenoxy) is 1. The van der Waals surface area contributed by atoms with Gasteiger partial charge >= 0.3 is 0 Å². The zero-order valence-corrected chi connectivity index (χ0v) is 17.0. The molecule has 3 heterocycles. The average Bonchev–Trinajstić information content (AvgIpc) is 3.23. The second-order valence-corrected chi connectivity index (χ2v) is 7.63. The van der Waals surface area contributed by atoms with Gasteiger partial charge < -0.3 is 15.8 Å². The van der Waals surface area contributed by atoms with Crippen LogP contribution in [0.1, 0.15) is 36.6 Å². The Labute approximate surface area is 166 Å². The maximum absolute atomic E-state index is 12.3. The smallest absolute Gasteiger partial charge is 0.249 e. The van der Waals surface area contributed by atoms with Gasteiger partial charge in [-0.25, -0.2) is 0 Å². The van der Waals surface area contributed by atoms with Gasteiger partial charge in [0, 0.05) is 24.0 Å². The third-order valence-corrected chi connectivity index (χ3v) is 5.99. The molecule has 2 saturated heterocycles. The molecule has 0 aromatic carbocycles. The van der Waals surface area contributed by atoms with E-state index in [4.69, 9.17) is 10.5 Å². The molecule has 0 aliphatic carbocycles. The van der Waals surface area contributed by atoms with Crippen LogP contribution in [0.25, 0.3) is 0 Å². The molecule has 0 radical (unpaired) electrons. The zero-order valence-electron chi connectivity index (χ0n) is 14.6. The van der Waals surface area contributed by atoms with E-state index in [1.165, 1.54) is 11.3 Å². The van der Waals surface area contributed by atoms with E-state index in [0.29, 0.717) is 18.5 Å². The first-order chi connectivity index (χ1) is 11.2. The van der Waals surface area contributed by atoms with E-state index in [2.05, 4.69) is 34.8 Å². The Hall–Kier alpha value is -0.370. The van der Waals surface area contributed by atoms with Crippen molar-refractivity contribution >= 4 is 42.1 Å². The summed E-state index contributed by atoms with van der Waals surface area (Å²) in [5.41, 5.74) is 5.61. The van der Waals surface area contributed by atoms with E-state index >= 15 is 0 Å². The van der Waals surface area contributed by atoms with Crippen molar-refractivity contribution in [1.82, 2.24) is 10.2 Å². The number of rotatable bonds is 5. The number of hydrogen-bond donors (Lipinski definition) is 2. The normalized spacial score (nSPS) is 29.5. The minimum atomic E-state index is -0.315. The van der Waals surface area contributed by atoms with Crippen molar-refractivity contribution in [2.24, 2.45) is 11.7 Å². The van der Waals surface area contributed by atoms with Gasteiger partial charge in [0.05, 0.1) is 6.10 Å². The molecular weight excluding hydrogens is 381 g/mol. The SMILES string of the molecule is CN1CCCC(CNC(=O)[C@@H]2CC[C@H](CN)O2)C1c1cccs1.Cl.Cl. The van der Waals surface area contributed by atoms with Gasteiger partial charge in [-0.2, -0.15) is 0 Å². The zero-order chi connectivity index (χ0) is 16.2. The van der Waals surface area contributed by atoms with E-state index < -0.39 is 0 Å². The Kier molecular flexibility index (Phi) is 9.70. The number of hydrogen-bond acceptors (Lipinski definition) is 5. The predicted molar refractivity (Wildman–Crippen MR) is 107 cm³/mol. The average molecular weight is 410 g/mol. The van der Waals surface area contributed by atoms with Crippen molar-refractivity contribution in [2.75, 3.05) is 26.7 Å². The number of nitrogens with zero attached hydrogens (tertiary/aromatic N) is 1. The first-order valence-electron chi connectivity index (χ1n) is 8.56. The molecular formula is C17H29Cl2N3O2S. The summed E-state index contributed by atoms with van der Waals surface area (Å²) in [5.74, 6) is 0.488. The van der Waals surface area contributed by atoms with Crippen molar-refractivity contribution < 1.29 is 9.53 Å². The molecule has 2 aliphatic rings. The highest BCUT2D eigenvalue weighted by molar-refractivity contribution is 7.10. The molecule has 0 saturated carbocycles. The summed E-state index contributed by atoms with van der Waals surface area (Å²) in [6.07, 6.45) is 3.75. The van der Waals surface area contributed by atoms with Gasteiger partial charge in [0.1, 0.15) is 6.10 Å². The van der Waals surface area contributed by atoms with Crippen LogP contribution in [0.4, 0.5) is 0 Å². The molecule has 1 amide bonds. The van der Waals surface area contributed by atoms with Crippen LogP contribution < -0.4 is 11.1 Å². The summed E-state index contributed by atoms with van der Waals surface area (Å²) in [6.45, 7) is 2.34. The first kappa shape index (κ1) is 22.7. The topological polar surface area (TPSA) is 67.6 Å². The Morgan fingerprint density at radius 2 is 2.20 bits per heavy atom. The number of amides is 1. The maximum atomic E-state index is 12.3. The Balaban J connectivity index is 0.00000156. The summed E-state index contributed by atoms with van der Waals surface area (Å²) < 4.78 is 5.69. The standard InChI is InChI=1S/C17H27N3O2S.2ClH/c1-20-8-2-4-12(16(20)15-5-3-9-23-15)11-19-17(21)14-7-6-13(10-18)22-14;;/h3,5,9,12-14,16H,2,4,6-8,10-11,18H2,1H3,(H,19,21);2*1H/t12?,13-,14+,16?;;/m1../s1. The second kappa shape index (κ2) is 10.7. The van der Waals surface area contributed by atoms with Crippen LogP contribution in [-0.4, -0.2) is 49.7 Å². The van der Waals surface area contributed by atoms with E-state index in [-0.39, 0.29) is 42.9 Å². The van der Waals surface area contributed by atoms with Crippen LogP contribution in [0.5, 0.6) is 0 Å². The number of nitrogens with one attached hydrogen (secondary N) is 1. The molecule has 3 rings (SSSR count). The second-order valence-electron chi connectivity index (χ2n) is 6.65. The molecule has 2 fully saturated rings. The molecule has 8 heteroatoms. The van der Waals surface area contributed by atoms with Crippen LogP contribution >= 0.6 is 36.2 Å². The van der Waals surface area contributed by atoms with Gasteiger partial charge in [-0.3, -0.25) is 9.69 Å². The number of carbonyl (C=O) groups is 1. The number of likely N-dealkylation sites (tertiary alicyclic amines) is 1. The number of thiophene rings is 1. The minimum absolute atomic E-state index is 0. The predicted octanol–water partition coefficient (Wildman–Crippen LogP) is 2.60. The lowest BCUT2D eigenvalue weighted by atomic mass is 9.88. The van der Waals surface area contributed by atoms with Crippen LogP contribution in [0.3, 0.4) is 0 Å². The highest BCUT2D eigenvalue weighted by Crippen LogP contribution is 2.36. The van der Waals surface area contributed by atoms with Gasteiger partial charge in [0.2, 0.25) is 5.91 Å². The van der Waals surface area contributed by atoms with Crippen molar-refractivity contribution in [3.63, 3.8) is 0 Å². The number of halogens is 2. The van der Waals surface area contributed by atoms with E-state index in [9.17, 15) is 4.79 Å². The molecule has 5 nitrogen and oxygen atoms in total. The fourth-order valence-electron chi connectivity index (χ4n) is 3.80. The summed E-state index contributed by atoms with van der Waals surface area (Å²) in [4.78, 5) is 16.2. The number of nitrogens with two attached hydrogens (primary N) is 1. The maximum Gasteiger partial charge on any atom is 0.249 e. The highest BCUT2D eigenvalue weighted by atomic mass is 35.5. The van der Waals surface area contributed by atoms with Crippen molar-refractivity contribution in [3.05, 3.63) is 22.4 Å². The number of piperidine rings is 1. The Bertz CT molecular complexity index is 518. The van der Waals surface area contributed by atoms with Crippen LogP contribution in [0, 0.1) is 5.92 Å². The van der Waals surface area contributed by atoms with Crippen molar-refractivity contribution in [1.29, 1.82) is 0 Å². The molecule has 3 N–H and O–H groups in total. The molecule has 25 heavy (non-hydrogen) atoms. The molecule has 0 bridgehead atoms. The van der Waals surface area contributed by atoms with E-state index in [0.717, 1.165) is 32.4 Å². The lowest BCUT2D eigenvalue weighted by Crippen LogP contribution is -2.44. The molecule has 1 aromatic heterocycles. The van der Waals surface area contributed by atoms with E-state index in [1.807, 2.05) is 0 Å². The minimum Gasteiger partial charge on any atom is -0.364 e. The van der Waals surface area contributed by atoms with Gasteiger partial charge in [0.15, 0.2) is 0 Å². The highest BCUT2D eigenvalue weighted by Gasteiger charge is 2.33. The van der Waals surface area contributed by atoms with E-state index in [1.54, 1.807) is 11.3 Å². The molecule has 4 atom stereocenters. The van der Waals surface area contributed by atoms with Gasteiger partial charge in [-0.1, -0.05) is 6.07 Å². The Morgan fingerprint density at radius 1 is 1.40 bits per heavy atom. The summed E-state index contributed by atoms with van der Waals surface area (Å²) in [5, 5.41) is 5.26. The van der Waals surface area contributed by atoms with Crippen LogP contribution in [0.15, 0.2) is 17.5 Å². The van der Waals surface area contributed by atoms with Gasteiger partial charge in [0.25, 0.3) is 0 Å². The largest absolute Gasteiger partial charge is 0.364 e. The lowest BCUT2D eigenvalue weighted by molar-refractivity contribution is -0.132. The van der Waals surface area contributed by atoms with Crippen LogP contribution in [0.2, 0.25) is 0 Å². The fourth-order valence-corrected chi connectivity index (χ4v) is 4.78. The Morgan fingerprint density at radius 3 is 2.84 bits per heavy atom. The van der Waals surface area contributed by atoms with Crippen molar-refractivity contribution in [2.45, 2.75) is 43.9 Å². The molecule has 0 spiro atoms. The molecule has 2 unspecified atom stereocenters. The number of carbonyl (C=O) groups excluding carboxylic acids is 1. The summed E-state index contributed by atoms with van der Waals surface area (Å²) in [6, 6.07) is 4.72. The molecule has 2 aliphatic heterocycles. The third-order valence-electron chi connectivity index (χ3n) is 5.04. The summed E-state index contributed by atoms with van der Waals surface area (Å²) >= 11 is 1.81. The molecule has 1 aromatic rings. The first-order valence-corrected chi connectivity index (χ1v) is 9.44. The monoisotopic (exact) mass is 409 g/mol. The van der Waals surface area contributed by atoms with Gasteiger partial charge in [-0.05, 0) is 56.6 Å². The molecule has 144 valence electrons. The fraction of sp³-hybridized carbons (Fsp3) is 0.706. The lowest BCUT2D eigenvalue weighted by Gasteiger charge is -2.39.